The van der Waals surface area contributed by atoms with Crippen LogP contribution in [-0.2, 0) is 6.54 Å². The molecule has 8 aromatic carbocycles. The van der Waals surface area contributed by atoms with Gasteiger partial charge < -0.3 is 14.0 Å². The van der Waals surface area contributed by atoms with Crippen LogP contribution in [0.15, 0.2) is 194 Å². The number of rotatable bonds is 7. The Labute approximate surface area is 309 Å². The van der Waals surface area contributed by atoms with Crippen LogP contribution in [0.4, 0.5) is 17.1 Å². The topological polar surface area (TPSA) is 13.1 Å². The average Bonchev–Trinajstić information content (AvgIpc) is 3.75. The summed E-state index contributed by atoms with van der Waals surface area (Å²) >= 11 is 0. The number of anilines is 3. The fraction of sp³-hybridized carbons (Fsp3) is 0.0400. The maximum atomic E-state index is 2.43. The van der Waals surface area contributed by atoms with E-state index in [1.165, 1.54) is 65.9 Å². The molecule has 2 heterocycles. The van der Waals surface area contributed by atoms with E-state index in [9.17, 15) is 0 Å². The largest absolute Gasteiger partial charge is 0.341 e. The number of fused-ring (bicyclic) bond motifs is 6. The van der Waals surface area contributed by atoms with Crippen molar-refractivity contribution in [3.05, 3.63) is 194 Å². The molecule has 2 aromatic heterocycles. The molecule has 10 rings (SSSR count). The standard InChI is InChI=1S/C50H37N3/c1-2-51-45-20-11-9-18-42(45)43-33-28-38(34-49(43)51)37-26-31-41(32-27-37)52(40-29-24-36(25-30-40)35-14-5-3-6-15-35)47-22-13-23-48-50(47)44-19-10-12-21-46(44)53(48)39-16-7-4-8-17-39/h3-34H,2H2,1H3. The van der Waals surface area contributed by atoms with Crippen LogP contribution in [0.1, 0.15) is 6.92 Å². The van der Waals surface area contributed by atoms with Crippen LogP contribution in [0.5, 0.6) is 0 Å². The molecule has 0 saturated heterocycles. The van der Waals surface area contributed by atoms with Gasteiger partial charge in [0.1, 0.15) is 0 Å². The summed E-state index contributed by atoms with van der Waals surface area (Å²) in [6.07, 6.45) is 0. The molecular formula is C50H37N3. The van der Waals surface area contributed by atoms with Crippen molar-refractivity contribution < 1.29 is 0 Å². The van der Waals surface area contributed by atoms with Crippen LogP contribution in [0, 0.1) is 0 Å². The van der Waals surface area contributed by atoms with E-state index in [0.29, 0.717) is 0 Å². The zero-order chi connectivity index (χ0) is 35.3. The van der Waals surface area contributed by atoms with E-state index in [1.54, 1.807) is 0 Å². The first-order valence-corrected chi connectivity index (χ1v) is 18.4. The zero-order valence-corrected chi connectivity index (χ0v) is 29.5. The minimum atomic E-state index is 0.927. The van der Waals surface area contributed by atoms with Gasteiger partial charge in [-0.2, -0.15) is 0 Å². The third-order valence-electron chi connectivity index (χ3n) is 10.7. The lowest BCUT2D eigenvalue weighted by Crippen LogP contribution is -2.10. The van der Waals surface area contributed by atoms with Crippen LogP contribution in [0.2, 0.25) is 0 Å². The summed E-state index contributed by atoms with van der Waals surface area (Å²) in [4.78, 5) is 2.42. The van der Waals surface area contributed by atoms with Crippen LogP contribution >= 0.6 is 0 Å². The number of aryl methyl sites for hydroxylation is 1. The number of hydrogen-bond donors (Lipinski definition) is 0. The van der Waals surface area contributed by atoms with Crippen LogP contribution in [0.3, 0.4) is 0 Å². The molecule has 0 aliphatic rings. The van der Waals surface area contributed by atoms with Crippen molar-refractivity contribution in [1.82, 2.24) is 9.13 Å². The number of hydrogen-bond acceptors (Lipinski definition) is 1. The number of para-hydroxylation sites is 3. The lowest BCUT2D eigenvalue weighted by Gasteiger charge is -2.27. The monoisotopic (exact) mass is 679 g/mol. The van der Waals surface area contributed by atoms with Gasteiger partial charge in [-0.1, -0.05) is 127 Å². The number of aromatic nitrogens is 2. The Morgan fingerprint density at radius 3 is 1.62 bits per heavy atom. The summed E-state index contributed by atoms with van der Waals surface area (Å²) in [7, 11) is 0. The van der Waals surface area contributed by atoms with Crippen molar-refractivity contribution >= 4 is 60.7 Å². The van der Waals surface area contributed by atoms with Crippen LogP contribution in [0.25, 0.3) is 71.6 Å². The van der Waals surface area contributed by atoms with Crippen molar-refractivity contribution in [3.63, 3.8) is 0 Å². The molecule has 0 radical (unpaired) electrons. The normalized spacial score (nSPS) is 11.6. The molecule has 0 atom stereocenters. The lowest BCUT2D eigenvalue weighted by atomic mass is 10.0. The second kappa shape index (κ2) is 12.7. The quantitative estimate of drug-likeness (QED) is 0.163. The van der Waals surface area contributed by atoms with E-state index in [4.69, 9.17) is 0 Å². The molecule has 3 heteroatoms. The van der Waals surface area contributed by atoms with Gasteiger partial charge in [0, 0.05) is 56.2 Å². The number of benzene rings is 8. The molecule has 10 aromatic rings. The van der Waals surface area contributed by atoms with Crippen molar-refractivity contribution in [2.45, 2.75) is 13.5 Å². The van der Waals surface area contributed by atoms with Gasteiger partial charge in [0.05, 0.1) is 16.7 Å². The second-order valence-electron chi connectivity index (χ2n) is 13.6. The molecule has 0 unspecified atom stereocenters. The third kappa shape index (κ3) is 5.12. The summed E-state index contributed by atoms with van der Waals surface area (Å²) in [5, 5.41) is 5.06. The highest BCUT2D eigenvalue weighted by atomic mass is 15.1. The molecule has 0 saturated carbocycles. The molecule has 0 bridgehead atoms. The fourth-order valence-corrected chi connectivity index (χ4v) is 8.28. The summed E-state index contributed by atoms with van der Waals surface area (Å²) in [6.45, 7) is 3.16. The minimum Gasteiger partial charge on any atom is -0.341 e. The highest BCUT2D eigenvalue weighted by Gasteiger charge is 2.21. The Morgan fingerprint density at radius 2 is 0.925 bits per heavy atom. The van der Waals surface area contributed by atoms with E-state index in [-0.39, 0.29) is 0 Å². The van der Waals surface area contributed by atoms with E-state index < -0.39 is 0 Å². The first-order valence-electron chi connectivity index (χ1n) is 18.4. The predicted molar refractivity (Wildman–Crippen MR) is 225 cm³/mol. The SMILES string of the molecule is CCn1c2ccccc2c2ccc(-c3ccc(N(c4ccc(-c5ccccc5)cc4)c4cccc5c4c4ccccc4n5-c4ccccc4)cc3)cc21. The Bertz CT molecular complexity index is 2900. The molecule has 0 amide bonds. The lowest BCUT2D eigenvalue weighted by molar-refractivity contribution is 0.827. The Balaban J connectivity index is 1.14. The smallest absolute Gasteiger partial charge is 0.0562 e. The van der Waals surface area contributed by atoms with Crippen LogP contribution < -0.4 is 4.90 Å². The zero-order valence-electron chi connectivity index (χ0n) is 29.5. The van der Waals surface area contributed by atoms with Gasteiger partial charge in [-0.05, 0) is 95.9 Å². The maximum Gasteiger partial charge on any atom is 0.0562 e. The maximum absolute atomic E-state index is 2.43. The van der Waals surface area contributed by atoms with Crippen LogP contribution in [-0.4, -0.2) is 9.13 Å². The molecule has 53 heavy (non-hydrogen) atoms. The van der Waals surface area contributed by atoms with Crippen molar-refractivity contribution in [2.75, 3.05) is 4.90 Å². The highest BCUT2D eigenvalue weighted by molar-refractivity contribution is 6.16. The Kier molecular flexibility index (Phi) is 7.43. The first-order chi connectivity index (χ1) is 26.3. The molecule has 0 fully saturated rings. The summed E-state index contributed by atoms with van der Waals surface area (Å²) in [6, 6.07) is 70.5. The predicted octanol–water partition coefficient (Wildman–Crippen LogP) is 13.7. The minimum absolute atomic E-state index is 0.927. The van der Waals surface area contributed by atoms with E-state index in [0.717, 1.165) is 29.3 Å². The van der Waals surface area contributed by atoms with Crippen molar-refractivity contribution in [1.29, 1.82) is 0 Å². The summed E-state index contributed by atoms with van der Waals surface area (Å²) < 4.78 is 4.82. The molecule has 0 aliphatic carbocycles. The molecule has 3 nitrogen and oxygen atoms in total. The van der Waals surface area contributed by atoms with E-state index in [1.807, 2.05) is 0 Å². The van der Waals surface area contributed by atoms with E-state index in [2.05, 4.69) is 215 Å². The highest BCUT2D eigenvalue weighted by Crippen LogP contribution is 2.44. The fourth-order valence-electron chi connectivity index (χ4n) is 8.28. The van der Waals surface area contributed by atoms with Gasteiger partial charge in [0.25, 0.3) is 0 Å². The van der Waals surface area contributed by atoms with Crippen molar-refractivity contribution in [2.24, 2.45) is 0 Å². The van der Waals surface area contributed by atoms with Gasteiger partial charge in [0.2, 0.25) is 0 Å². The Morgan fingerprint density at radius 1 is 0.396 bits per heavy atom. The van der Waals surface area contributed by atoms with Gasteiger partial charge in [-0.3, -0.25) is 0 Å². The molecule has 252 valence electrons. The molecular weight excluding hydrogens is 643 g/mol. The van der Waals surface area contributed by atoms with Gasteiger partial charge in [-0.25, -0.2) is 0 Å². The first kappa shape index (κ1) is 30.9. The molecule has 0 spiro atoms. The average molecular weight is 680 g/mol. The second-order valence-corrected chi connectivity index (χ2v) is 13.6. The van der Waals surface area contributed by atoms with Gasteiger partial charge in [-0.15, -0.1) is 0 Å². The number of nitrogens with zero attached hydrogens (tertiary/aromatic N) is 3. The summed E-state index contributed by atoms with van der Waals surface area (Å²) in [5.74, 6) is 0. The van der Waals surface area contributed by atoms with E-state index >= 15 is 0 Å². The van der Waals surface area contributed by atoms with Crippen molar-refractivity contribution in [3.8, 4) is 27.9 Å². The Hall–Kier alpha value is -6.84. The molecule has 0 aliphatic heterocycles. The molecule has 0 N–H and O–H groups in total. The third-order valence-corrected chi connectivity index (χ3v) is 10.7. The van der Waals surface area contributed by atoms with Gasteiger partial charge in [0.15, 0.2) is 0 Å². The van der Waals surface area contributed by atoms with Gasteiger partial charge >= 0.3 is 0 Å². The summed E-state index contributed by atoms with van der Waals surface area (Å²) in [5.41, 5.74) is 14.3.